The molecule has 0 unspecified atom stereocenters. The van der Waals surface area contributed by atoms with Crippen molar-refractivity contribution in [3.05, 3.63) is 29.6 Å². The number of carbonyl (C=O) groups excluding carboxylic acids is 1. The summed E-state index contributed by atoms with van der Waals surface area (Å²) in [6.07, 6.45) is 3.98. The van der Waals surface area contributed by atoms with E-state index in [1.807, 2.05) is 20.8 Å². The highest BCUT2D eigenvalue weighted by molar-refractivity contribution is 5.94. The molecule has 0 aliphatic rings. The van der Waals surface area contributed by atoms with E-state index in [4.69, 9.17) is 5.11 Å². The zero-order valence-electron chi connectivity index (χ0n) is 11.9. The molecule has 0 saturated carbocycles. The van der Waals surface area contributed by atoms with E-state index >= 15 is 0 Å². The maximum absolute atomic E-state index is 12.4. The quantitative estimate of drug-likeness (QED) is 0.841. The molecule has 1 amide bonds. The number of aromatic nitrogens is 1. The lowest BCUT2D eigenvalue weighted by Crippen LogP contribution is -2.44. The van der Waals surface area contributed by atoms with Crippen molar-refractivity contribution in [2.75, 3.05) is 13.7 Å². The van der Waals surface area contributed by atoms with Crippen LogP contribution in [-0.2, 0) is 0 Å². The van der Waals surface area contributed by atoms with E-state index in [0.29, 0.717) is 11.1 Å². The van der Waals surface area contributed by atoms with Gasteiger partial charge < -0.3 is 10.0 Å². The number of aliphatic hydroxyl groups is 1. The Kier molecular flexibility index (Phi) is 5.08. The van der Waals surface area contributed by atoms with Crippen molar-refractivity contribution >= 4 is 5.91 Å². The van der Waals surface area contributed by atoms with Gasteiger partial charge in [-0.3, -0.25) is 9.78 Å². The molecule has 1 aromatic heterocycles. The number of pyridine rings is 1. The van der Waals surface area contributed by atoms with Crippen LogP contribution in [0.15, 0.2) is 18.5 Å². The standard InChI is InChI=1S/C15H20N2O2/c1-5-15(2,3)17(4)14(19)13-9-12(7-6-8-18)10-16-11-13/h9-11,18H,5,8H2,1-4H3. The van der Waals surface area contributed by atoms with Gasteiger partial charge in [-0.1, -0.05) is 18.8 Å². The maximum Gasteiger partial charge on any atom is 0.255 e. The number of rotatable bonds is 3. The van der Waals surface area contributed by atoms with Gasteiger partial charge in [0.2, 0.25) is 0 Å². The summed E-state index contributed by atoms with van der Waals surface area (Å²) in [7, 11) is 1.79. The van der Waals surface area contributed by atoms with Crippen molar-refractivity contribution in [2.45, 2.75) is 32.7 Å². The summed E-state index contributed by atoms with van der Waals surface area (Å²) in [6, 6.07) is 1.69. The van der Waals surface area contributed by atoms with Gasteiger partial charge in [0.1, 0.15) is 6.61 Å². The Hall–Kier alpha value is -1.86. The first kappa shape index (κ1) is 15.2. The largest absolute Gasteiger partial charge is 0.384 e. The van der Waals surface area contributed by atoms with Gasteiger partial charge in [-0.2, -0.15) is 0 Å². The number of hydrogen-bond acceptors (Lipinski definition) is 3. The van der Waals surface area contributed by atoms with Crippen molar-refractivity contribution < 1.29 is 9.90 Å². The van der Waals surface area contributed by atoms with Gasteiger partial charge in [0.15, 0.2) is 0 Å². The summed E-state index contributed by atoms with van der Waals surface area (Å²) >= 11 is 0. The molecule has 0 radical (unpaired) electrons. The predicted octanol–water partition coefficient (Wildman–Crippen LogP) is 1.69. The van der Waals surface area contributed by atoms with Crippen LogP contribution in [0.2, 0.25) is 0 Å². The molecule has 1 heterocycles. The van der Waals surface area contributed by atoms with Gasteiger partial charge in [0, 0.05) is 30.5 Å². The van der Waals surface area contributed by atoms with Gasteiger partial charge in [-0.05, 0) is 26.3 Å². The fourth-order valence-electron chi connectivity index (χ4n) is 1.47. The molecule has 1 rings (SSSR count). The van der Waals surface area contributed by atoms with E-state index in [9.17, 15) is 4.79 Å². The Morgan fingerprint density at radius 2 is 2.16 bits per heavy atom. The van der Waals surface area contributed by atoms with E-state index in [1.165, 1.54) is 6.20 Å². The molecule has 1 aromatic rings. The fourth-order valence-corrected chi connectivity index (χ4v) is 1.47. The third kappa shape index (κ3) is 3.80. The molecule has 102 valence electrons. The lowest BCUT2D eigenvalue weighted by atomic mass is 9.99. The Morgan fingerprint density at radius 1 is 1.47 bits per heavy atom. The Bertz CT molecular complexity index is 512. The van der Waals surface area contributed by atoms with Crippen LogP contribution < -0.4 is 0 Å². The van der Waals surface area contributed by atoms with E-state index in [2.05, 4.69) is 16.8 Å². The van der Waals surface area contributed by atoms with Crippen LogP contribution in [0.25, 0.3) is 0 Å². The zero-order valence-corrected chi connectivity index (χ0v) is 11.9. The monoisotopic (exact) mass is 260 g/mol. The summed E-state index contributed by atoms with van der Waals surface area (Å²) in [5.74, 6) is 5.21. The number of nitrogens with zero attached hydrogens (tertiary/aromatic N) is 2. The molecule has 0 fully saturated rings. The summed E-state index contributed by atoms with van der Waals surface area (Å²) in [5.41, 5.74) is 0.931. The minimum absolute atomic E-state index is 0.0769. The van der Waals surface area contributed by atoms with E-state index < -0.39 is 0 Å². The number of aliphatic hydroxyl groups excluding tert-OH is 1. The molecule has 19 heavy (non-hydrogen) atoms. The number of amides is 1. The molecular formula is C15H20N2O2. The van der Waals surface area contributed by atoms with E-state index in [1.54, 1.807) is 24.2 Å². The second kappa shape index (κ2) is 6.35. The molecule has 0 atom stereocenters. The molecular weight excluding hydrogens is 240 g/mol. The summed E-state index contributed by atoms with van der Waals surface area (Å²) in [6.45, 7) is 5.88. The molecule has 0 bridgehead atoms. The molecule has 4 nitrogen and oxygen atoms in total. The van der Waals surface area contributed by atoms with Crippen LogP contribution in [0.5, 0.6) is 0 Å². The third-order valence-corrected chi connectivity index (χ3v) is 3.37. The average Bonchev–Trinajstić information content (AvgIpc) is 2.43. The molecule has 4 heteroatoms. The lowest BCUT2D eigenvalue weighted by molar-refractivity contribution is 0.0620. The first-order valence-corrected chi connectivity index (χ1v) is 6.25. The molecule has 0 spiro atoms. The van der Waals surface area contributed by atoms with Crippen molar-refractivity contribution in [2.24, 2.45) is 0 Å². The molecule has 0 saturated heterocycles. The third-order valence-electron chi connectivity index (χ3n) is 3.37. The highest BCUT2D eigenvalue weighted by Crippen LogP contribution is 2.19. The number of carbonyl (C=O) groups is 1. The topological polar surface area (TPSA) is 53.4 Å². The Morgan fingerprint density at radius 3 is 2.74 bits per heavy atom. The molecule has 1 N–H and O–H groups in total. The normalized spacial score (nSPS) is 10.6. The predicted molar refractivity (Wildman–Crippen MR) is 74.7 cm³/mol. The first-order valence-electron chi connectivity index (χ1n) is 6.25. The van der Waals surface area contributed by atoms with Gasteiger partial charge in [-0.25, -0.2) is 0 Å². The van der Waals surface area contributed by atoms with Crippen molar-refractivity contribution in [3.63, 3.8) is 0 Å². The minimum Gasteiger partial charge on any atom is -0.384 e. The average molecular weight is 260 g/mol. The minimum atomic E-state index is -0.207. The summed E-state index contributed by atoms with van der Waals surface area (Å²) in [4.78, 5) is 18.1. The fraction of sp³-hybridized carbons (Fsp3) is 0.467. The van der Waals surface area contributed by atoms with Crippen LogP contribution in [0.4, 0.5) is 0 Å². The van der Waals surface area contributed by atoms with Crippen LogP contribution in [0.1, 0.15) is 43.1 Å². The van der Waals surface area contributed by atoms with Crippen LogP contribution in [0.3, 0.4) is 0 Å². The van der Waals surface area contributed by atoms with Gasteiger partial charge in [0.05, 0.1) is 5.56 Å². The first-order chi connectivity index (χ1) is 8.92. The maximum atomic E-state index is 12.4. The highest BCUT2D eigenvalue weighted by Gasteiger charge is 2.26. The second-order valence-electron chi connectivity index (χ2n) is 4.95. The second-order valence-corrected chi connectivity index (χ2v) is 4.95. The highest BCUT2D eigenvalue weighted by atomic mass is 16.2. The molecule has 0 aliphatic heterocycles. The summed E-state index contributed by atoms with van der Waals surface area (Å²) in [5, 5.41) is 8.66. The van der Waals surface area contributed by atoms with Crippen molar-refractivity contribution in [1.29, 1.82) is 0 Å². The van der Waals surface area contributed by atoms with Crippen LogP contribution >= 0.6 is 0 Å². The van der Waals surface area contributed by atoms with Crippen LogP contribution in [0, 0.1) is 11.8 Å². The lowest BCUT2D eigenvalue weighted by Gasteiger charge is -2.34. The number of hydrogen-bond donors (Lipinski definition) is 1. The Balaban J connectivity index is 3.00. The summed E-state index contributed by atoms with van der Waals surface area (Å²) < 4.78 is 0. The molecule has 0 aliphatic carbocycles. The zero-order chi connectivity index (χ0) is 14.5. The van der Waals surface area contributed by atoms with Gasteiger partial charge in [-0.15, -0.1) is 0 Å². The SMILES string of the molecule is CCC(C)(C)N(C)C(=O)c1cncc(C#CCO)c1. The van der Waals surface area contributed by atoms with E-state index in [0.717, 1.165) is 6.42 Å². The van der Waals surface area contributed by atoms with Crippen molar-refractivity contribution in [3.8, 4) is 11.8 Å². The Labute approximate surface area is 114 Å². The molecule has 0 aromatic carbocycles. The smallest absolute Gasteiger partial charge is 0.255 e. The van der Waals surface area contributed by atoms with Crippen molar-refractivity contribution in [1.82, 2.24) is 9.88 Å². The van der Waals surface area contributed by atoms with Crippen LogP contribution in [-0.4, -0.2) is 40.1 Å². The van der Waals surface area contributed by atoms with Gasteiger partial charge in [0.25, 0.3) is 5.91 Å². The van der Waals surface area contributed by atoms with E-state index in [-0.39, 0.29) is 18.1 Å². The van der Waals surface area contributed by atoms with Gasteiger partial charge >= 0.3 is 0 Å².